The summed E-state index contributed by atoms with van der Waals surface area (Å²) in [5.74, 6) is 1.77. The fourth-order valence-corrected chi connectivity index (χ4v) is 2.09. The number of aromatic nitrogens is 1. The van der Waals surface area contributed by atoms with Crippen LogP contribution in [0.1, 0.15) is 23.1 Å². The number of aryl methyl sites for hydroxylation is 1. The van der Waals surface area contributed by atoms with Gasteiger partial charge in [-0.25, -0.2) is 0 Å². The number of ether oxygens (including phenoxy) is 1. The molecule has 5 heteroatoms. The molecule has 0 spiro atoms. The Kier molecular flexibility index (Phi) is 2.68. The van der Waals surface area contributed by atoms with Gasteiger partial charge in [0, 0.05) is 17.7 Å². The molecule has 1 aromatic heterocycles. The predicted molar refractivity (Wildman–Crippen MR) is 64.4 cm³/mol. The van der Waals surface area contributed by atoms with Gasteiger partial charge in [0.2, 0.25) is 0 Å². The fourth-order valence-electron chi connectivity index (χ4n) is 2.09. The van der Waals surface area contributed by atoms with Gasteiger partial charge in [-0.3, -0.25) is 5.32 Å². The highest BCUT2D eigenvalue weighted by Gasteiger charge is 2.24. The summed E-state index contributed by atoms with van der Waals surface area (Å²) >= 11 is 0. The minimum absolute atomic E-state index is 0.117. The molecule has 1 atom stereocenters. The second-order valence-electron chi connectivity index (χ2n) is 4.40. The van der Waals surface area contributed by atoms with Gasteiger partial charge in [-0.2, -0.15) is 0 Å². The van der Waals surface area contributed by atoms with Crippen molar-refractivity contribution < 1.29 is 14.4 Å². The Morgan fingerprint density at radius 1 is 1.44 bits per heavy atom. The van der Waals surface area contributed by atoms with E-state index in [9.17, 15) is 5.11 Å². The minimum atomic E-state index is 0.117. The van der Waals surface area contributed by atoms with Crippen LogP contribution < -0.4 is 10.1 Å². The van der Waals surface area contributed by atoms with Gasteiger partial charge >= 0.3 is 0 Å². The van der Waals surface area contributed by atoms with E-state index in [-0.39, 0.29) is 11.8 Å². The SMILES string of the molecule is Cc1cc(CNC2COc3cc(O)ccc32)on1. The Morgan fingerprint density at radius 2 is 2.33 bits per heavy atom. The van der Waals surface area contributed by atoms with Crippen LogP contribution in [0.3, 0.4) is 0 Å². The molecule has 3 rings (SSSR count). The third-order valence-corrected chi connectivity index (χ3v) is 2.98. The second-order valence-corrected chi connectivity index (χ2v) is 4.40. The van der Waals surface area contributed by atoms with Crippen LogP contribution in [-0.2, 0) is 6.54 Å². The van der Waals surface area contributed by atoms with E-state index in [2.05, 4.69) is 10.5 Å². The molecule has 1 aliphatic rings. The largest absolute Gasteiger partial charge is 0.508 e. The van der Waals surface area contributed by atoms with Gasteiger partial charge in [-0.05, 0) is 19.1 Å². The fraction of sp³-hybridized carbons (Fsp3) is 0.308. The van der Waals surface area contributed by atoms with Gasteiger partial charge in [0.05, 0.1) is 18.3 Å². The van der Waals surface area contributed by atoms with E-state index in [1.165, 1.54) is 0 Å². The summed E-state index contributed by atoms with van der Waals surface area (Å²) in [5, 5.41) is 16.6. The number of fused-ring (bicyclic) bond motifs is 1. The van der Waals surface area contributed by atoms with Crippen LogP contribution in [0.4, 0.5) is 0 Å². The Labute approximate surface area is 104 Å². The Hall–Kier alpha value is -2.01. The lowest BCUT2D eigenvalue weighted by Crippen LogP contribution is -2.21. The van der Waals surface area contributed by atoms with Crippen LogP contribution >= 0.6 is 0 Å². The van der Waals surface area contributed by atoms with E-state index in [0.29, 0.717) is 13.2 Å². The molecular formula is C13H14N2O3. The summed E-state index contributed by atoms with van der Waals surface area (Å²) in [4.78, 5) is 0. The van der Waals surface area contributed by atoms with Crippen molar-refractivity contribution in [2.45, 2.75) is 19.5 Å². The number of hydrogen-bond acceptors (Lipinski definition) is 5. The maximum absolute atomic E-state index is 9.37. The van der Waals surface area contributed by atoms with Crippen molar-refractivity contribution in [3.05, 3.63) is 41.3 Å². The third kappa shape index (κ3) is 2.04. The number of benzene rings is 1. The summed E-state index contributed by atoms with van der Waals surface area (Å²) in [7, 11) is 0. The first kappa shape index (κ1) is 11.1. The van der Waals surface area contributed by atoms with Gasteiger partial charge in [0.15, 0.2) is 5.76 Å². The molecule has 1 aromatic carbocycles. The summed E-state index contributed by atoms with van der Waals surface area (Å²) in [6.07, 6.45) is 0. The first-order chi connectivity index (χ1) is 8.72. The van der Waals surface area contributed by atoms with E-state index in [4.69, 9.17) is 9.26 Å². The average molecular weight is 246 g/mol. The van der Waals surface area contributed by atoms with Crippen LogP contribution in [0, 0.1) is 6.92 Å². The topological polar surface area (TPSA) is 67.5 Å². The maximum Gasteiger partial charge on any atom is 0.150 e. The number of rotatable bonds is 3. The maximum atomic E-state index is 9.37. The molecule has 0 saturated heterocycles. The van der Waals surface area contributed by atoms with Crippen molar-refractivity contribution in [3.63, 3.8) is 0 Å². The lowest BCUT2D eigenvalue weighted by Gasteiger charge is -2.09. The standard InChI is InChI=1S/C13H14N2O3/c1-8-4-10(18-15-8)6-14-12-7-17-13-5-9(16)2-3-11(12)13/h2-5,12,14,16H,6-7H2,1H3. The number of aromatic hydroxyl groups is 1. The van der Waals surface area contributed by atoms with Crippen LogP contribution in [-0.4, -0.2) is 16.9 Å². The zero-order chi connectivity index (χ0) is 12.5. The monoisotopic (exact) mass is 246 g/mol. The smallest absolute Gasteiger partial charge is 0.150 e. The molecule has 18 heavy (non-hydrogen) atoms. The lowest BCUT2D eigenvalue weighted by atomic mass is 10.1. The highest BCUT2D eigenvalue weighted by atomic mass is 16.5. The summed E-state index contributed by atoms with van der Waals surface area (Å²) in [5.41, 5.74) is 1.93. The normalized spacial score (nSPS) is 17.5. The average Bonchev–Trinajstić information content (AvgIpc) is 2.92. The molecule has 2 heterocycles. The van der Waals surface area contributed by atoms with E-state index >= 15 is 0 Å². The third-order valence-electron chi connectivity index (χ3n) is 2.98. The van der Waals surface area contributed by atoms with Crippen molar-refractivity contribution in [3.8, 4) is 11.5 Å². The highest BCUT2D eigenvalue weighted by Crippen LogP contribution is 2.34. The molecule has 0 bridgehead atoms. The summed E-state index contributed by atoms with van der Waals surface area (Å²) < 4.78 is 10.7. The Balaban J connectivity index is 1.69. The molecule has 0 saturated carbocycles. The molecule has 1 unspecified atom stereocenters. The molecule has 0 radical (unpaired) electrons. The van der Waals surface area contributed by atoms with Crippen LogP contribution in [0.2, 0.25) is 0 Å². The zero-order valence-corrected chi connectivity index (χ0v) is 10.0. The van der Waals surface area contributed by atoms with Crippen molar-refractivity contribution in [1.82, 2.24) is 10.5 Å². The predicted octanol–water partition coefficient (Wildman–Crippen LogP) is 1.91. The molecule has 94 valence electrons. The summed E-state index contributed by atoms with van der Waals surface area (Å²) in [6, 6.07) is 7.20. The van der Waals surface area contributed by atoms with Gasteiger partial charge in [-0.1, -0.05) is 5.16 Å². The number of nitrogens with zero attached hydrogens (tertiary/aromatic N) is 1. The minimum Gasteiger partial charge on any atom is -0.508 e. The van der Waals surface area contributed by atoms with E-state index in [1.807, 2.05) is 19.1 Å². The van der Waals surface area contributed by atoms with E-state index in [0.717, 1.165) is 22.8 Å². The van der Waals surface area contributed by atoms with Crippen LogP contribution in [0.15, 0.2) is 28.8 Å². The molecule has 2 aromatic rings. The first-order valence-corrected chi connectivity index (χ1v) is 5.83. The molecule has 1 aliphatic heterocycles. The van der Waals surface area contributed by atoms with Gasteiger partial charge in [0.1, 0.15) is 18.1 Å². The number of phenolic OH excluding ortho intramolecular Hbond substituents is 1. The molecule has 0 aliphatic carbocycles. The highest BCUT2D eigenvalue weighted by molar-refractivity contribution is 5.44. The van der Waals surface area contributed by atoms with Crippen LogP contribution in [0.5, 0.6) is 11.5 Å². The Bertz CT molecular complexity index is 565. The molecule has 0 fully saturated rings. The number of hydrogen-bond donors (Lipinski definition) is 2. The van der Waals surface area contributed by atoms with Crippen LogP contribution in [0.25, 0.3) is 0 Å². The number of phenols is 1. The second kappa shape index (κ2) is 4.34. The van der Waals surface area contributed by atoms with Gasteiger partial charge in [0.25, 0.3) is 0 Å². The zero-order valence-electron chi connectivity index (χ0n) is 10.0. The van der Waals surface area contributed by atoms with Crippen molar-refractivity contribution in [2.24, 2.45) is 0 Å². The van der Waals surface area contributed by atoms with Gasteiger partial charge < -0.3 is 14.4 Å². The molecular weight excluding hydrogens is 232 g/mol. The Morgan fingerprint density at radius 3 is 3.11 bits per heavy atom. The molecule has 2 N–H and O–H groups in total. The number of nitrogens with one attached hydrogen (secondary N) is 1. The van der Waals surface area contributed by atoms with Gasteiger partial charge in [-0.15, -0.1) is 0 Å². The van der Waals surface area contributed by atoms with Crippen molar-refractivity contribution >= 4 is 0 Å². The van der Waals surface area contributed by atoms with E-state index in [1.54, 1.807) is 12.1 Å². The van der Waals surface area contributed by atoms with Crippen molar-refractivity contribution in [2.75, 3.05) is 6.61 Å². The van der Waals surface area contributed by atoms with Crippen molar-refractivity contribution in [1.29, 1.82) is 0 Å². The molecule has 0 amide bonds. The quantitative estimate of drug-likeness (QED) is 0.866. The van der Waals surface area contributed by atoms with E-state index < -0.39 is 0 Å². The summed E-state index contributed by atoms with van der Waals surface area (Å²) in [6.45, 7) is 3.06. The molecule has 5 nitrogen and oxygen atoms in total. The lowest BCUT2D eigenvalue weighted by molar-refractivity contribution is 0.299. The first-order valence-electron chi connectivity index (χ1n) is 5.83.